The van der Waals surface area contributed by atoms with E-state index >= 15 is 0 Å². The maximum absolute atomic E-state index is 13.5. The van der Waals surface area contributed by atoms with Gasteiger partial charge in [-0.2, -0.15) is 0 Å². The van der Waals surface area contributed by atoms with Crippen molar-refractivity contribution in [1.29, 1.82) is 0 Å². The first-order chi connectivity index (χ1) is 33.9. The Hall–Kier alpha value is -1.51. The third-order valence-corrected chi connectivity index (χ3v) is 14.6. The fraction of sp³-hybridized carbons (Fsp3) is 0.900. The minimum atomic E-state index is -4.44. The van der Waals surface area contributed by atoms with Gasteiger partial charge in [-0.05, 0) is 57.4 Å². The van der Waals surface area contributed by atoms with Gasteiger partial charge in [-0.25, -0.2) is 4.57 Å². The van der Waals surface area contributed by atoms with Gasteiger partial charge in [0.25, 0.3) is 0 Å². The molecule has 3 unspecified atom stereocenters. The summed E-state index contributed by atoms with van der Waals surface area (Å²) in [6, 6.07) is -0.847. The summed E-state index contributed by atoms with van der Waals surface area (Å²) in [4.78, 5) is 37.6. The monoisotopic (exact) mass is 1010 g/mol. The van der Waals surface area contributed by atoms with Crippen LogP contribution in [0.25, 0.3) is 0 Å². The number of carbonyl (C=O) groups excluding carboxylic acids is 2. The predicted octanol–water partition coefficient (Wildman–Crippen LogP) is 18.2. The van der Waals surface area contributed by atoms with Gasteiger partial charge in [-0.3, -0.25) is 18.6 Å². The van der Waals surface area contributed by atoms with Crippen molar-refractivity contribution < 1.29 is 37.3 Å². The highest BCUT2D eigenvalue weighted by atomic mass is 31.2. The molecule has 0 saturated carbocycles. The molecule has 10 heteroatoms. The van der Waals surface area contributed by atoms with Gasteiger partial charge in [0, 0.05) is 12.8 Å². The van der Waals surface area contributed by atoms with Crippen molar-refractivity contribution in [2.45, 2.75) is 309 Å². The number of nitrogens with zero attached hydrogens (tertiary/aromatic N) is 1. The number of amides is 1. The number of rotatable bonds is 55. The molecular weight excluding hydrogens is 892 g/mol. The number of ether oxygens (including phenoxy) is 1. The molecule has 9 nitrogen and oxygen atoms in total. The van der Waals surface area contributed by atoms with E-state index in [4.69, 9.17) is 13.8 Å². The Bertz CT molecular complexity index is 1250. The normalized spacial score (nSPS) is 13.9. The summed E-state index contributed by atoms with van der Waals surface area (Å²) in [5.74, 6) is -0.509. The first-order valence-electron chi connectivity index (χ1n) is 30.2. The van der Waals surface area contributed by atoms with E-state index < -0.39 is 20.0 Å². The summed E-state index contributed by atoms with van der Waals surface area (Å²) < 4.78 is 30.7. The number of hydrogen-bond donors (Lipinski definition) is 2. The smallest absolute Gasteiger partial charge is 0.456 e. The second-order valence-corrected chi connectivity index (χ2v) is 23.3. The van der Waals surface area contributed by atoms with Gasteiger partial charge in [-0.15, -0.1) is 0 Å². The lowest BCUT2D eigenvalue weighted by Crippen LogP contribution is -2.47. The molecule has 0 rings (SSSR count). The summed E-state index contributed by atoms with van der Waals surface area (Å²) in [5.41, 5.74) is 0. The molecule has 3 atom stereocenters. The molecule has 0 bridgehead atoms. The lowest BCUT2D eigenvalue weighted by Gasteiger charge is -2.27. The number of nitrogens with one attached hydrogen (secondary N) is 1. The molecule has 0 aliphatic rings. The SMILES string of the molecule is CCCCCCCCC/C=C\CCCCCC(=O)OC(/C=C/CCCCCCCCCCCCC)C(COP(=O)(O)OCC[N+](C)(C)C)NC(=O)CCCCCCCCCCCCCCCCCCC. The fourth-order valence-electron chi connectivity index (χ4n) is 8.94. The second kappa shape index (κ2) is 51.0. The van der Waals surface area contributed by atoms with Crippen molar-refractivity contribution in [3.63, 3.8) is 0 Å². The number of likely N-dealkylation sites (N-methyl/N-ethyl adjacent to an activating group) is 1. The summed E-state index contributed by atoms with van der Waals surface area (Å²) in [7, 11) is 1.50. The first-order valence-corrected chi connectivity index (χ1v) is 31.7. The third kappa shape index (κ3) is 51.4. The van der Waals surface area contributed by atoms with Gasteiger partial charge >= 0.3 is 13.8 Å². The Morgan fingerprint density at radius 1 is 0.486 bits per heavy atom. The van der Waals surface area contributed by atoms with E-state index in [1.807, 2.05) is 33.3 Å². The van der Waals surface area contributed by atoms with Crippen LogP contribution in [0.15, 0.2) is 24.3 Å². The minimum absolute atomic E-state index is 0.0415. The molecule has 0 aromatic carbocycles. The highest BCUT2D eigenvalue weighted by Gasteiger charge is 2.30. The van der Waals surface area contributed by atoms with E-state index in [1.165, 1.54) is 193 Å². The molecule has 414 valence electrons. The van der Waals surface area contributed by atoms with E-state index in [1.54, 1.807) is 0 Å². The molecule has 2 N–H and O–H groups in total. The van der Waals surface area contributed by atoms with Gasteiger partial charge < -0.3 is 19.4 Å². The lowest BCUT2D eigenvalue weighted by molar-refractivity contribution is -0.870. The van der Waals surface area contributed by atoms with E-state index in [0.717, 1.165) is 70.6 Å². The van der Waals surface area contributed by atoms with Crippen LogP contribution in [0.2, 0.25) is 0 Å². The van der Waals surface area contributed by atoms with Crippen LogP contribution in [0.5, 0.6) is 0 Å². The van der Waals surface area contributed by atoms with Gasteiger partial charge in [0.15, 0.2) is 0 Å². The molecule has 0 fully saturated rings. The standard InChI is InChI=1S/C60H117N2O7P/c1-7-10-13-16-19-22-25-28-30-31-32-34-37-40-43-46-49-52-59(63)61-57(56-68-70(65,66)67-55-54-62(4,5)6)58(51-48-45-42-39-36-33-27-24-21-18-15-12-9-3)69-60(64)53-50-47-44-41-38-35-29-26-23-20-17-14-11-8-2/h35,38,48,51,57-58H,7-34,36-37,39-47,49-50,52-56H2,1-6H3,(H-,61,63,65,66)/p+1/b38-35-,51-48+. The van der Waals surface area contributed by atoms with E-state index in [0.29, 0.717) is 17.4 Å². The van der Waals surface area contributed by atoms with Crippen molar-refractivity contribution in [2.24, 2.45) is 0 Å². The Kier molecular flexibility index (Phi) is 49.9. The van der Waals surface area contributed by atoms with Crippen molar-refractivity contribution in [3.05, 3.63) is 24.3 Å². The summed E-state index contributed by atoms with van der Waals surface area (Å²) >= 11 is 0. The molecule has 0 aromatic heterocycles. The van der Waals surface area contributed by atoms with Crippen LogP contribution >= 0.6 is 7.82 Å². The van der Waals surface area contributed by atoms with Gasteiger partial charge in [0.2, 0.25) is 5.91 Å². The topological polar surface area (TPSA) is 111 Å². The number of allylic oxidation sites excluding steroid dienone is 3. The van der Waals surface area contributed by atoms with Crippen LogP contribution in [0.4, 0.5) is 0 Å². The van der Waals surface area contributed by atoms with Crippen LogP contribution in [0.1, 0.15) is 297 Å². The number of hydrogen-bond acceptors (Lipinski definition) is 6. The van der Waals surface area contributed by atoms with Crippen LogP contribution in [-0.2, 0) is 27.9 Å². The maximum Gasteiger partial charge on any atom is 0.472 e. The molecule has 70 heavy (non-hydrogen) atoms. The van der Waals surface area contributed by atoms with Gasteiger partial charge in [-0.1, -0.05) is 251 Å². The predicted molar refractivity (Wildman–Crippen MR) is 300 cm³/mol. The van der Waals surface area contributed by atoms with Crippen molar-refractivity contribution >= 4 is 19.7 Å². The van der Waals surface area contributed by atoms with Gasteiger partial charge in [0.05, 0.1) is 33.8 Å². The van der Waals surface area contributed by atoms with Crippen LogP contribution in [0.3, 0.4) is 0 Å². The van der Waals surface area contributed by atoms with Crippen molar-refractivity contribution in [3.8, 4) is 0 Å². The van der Waals surface area contributed by atoms with Crippen molar-refractivity contribution in [2.75, 3.05) is 40.9 Å². The fourth-order valence-corrected chi connectivity index (χ4v) is 9.67. The molecule has 0 aromatic rings. The summed E-state index contributed by atoms with van der Waals surface area (Å²) in [5, 5.41) is 3.06. The zero-order chi connectivity index (χ0) is 51.5. The van der Waals surface area contributed by atoms with Crippen LogP contribution in [-0.4, -0.2) is 74.3 Å². The number of unbranched alkanes of at least 4 members (excludes halogenated alkanes) is 37. The Balaban J connectivity index is 5.31. The highest BCUT2D eigenvalue weighted by Crippen LogP contribution is 2.43. The quantitative estimate of drug-likeness (QED) is 0.0205. The van der Waals surface area contributed by atoms with E-state index in [2.05, 4.69) is 38.2 Å². The first kappa shape index (κ1) is 68.5. The number of esters is 1. The largest absolute Gasteiger partial charge is 0.472 e. The maximum atomic E-state index is 13.5. The number of carbonyl (C=O) groups is 2. The highest BCUT2D eigenvalue weighted by molar-refractivity contribution is 7.47. The molecular formula is C60H118N2O7P+. The second-order valence-electron chi connectivity index (χ2n) is 21.9. The zero-order valence-electron chi connectivity index (χ0n) is 47.3. The average Bonchev–Trinajstić information content (AvgIpc) is 3.32. The Labute approximate surface area is 434 Å². The molecule has 0 heterocycles. The Morgan fingerprint density at radius 3 is 1.23 bits per heavy atom. The molecule has 1 amide bonds. The van der Waals surface area contributed by atoms with Crippen LogP contribution < -0.4 is 5.32 Å². The van der Waals surface area contributed by atoms with E-state index in [9.17, 15) is 19.0 Å². The minimum Gasteiger partial charge on any atom is -0.456 e. The molecule has 0 saturated heterocycles. The number of phosphoric ester groups is 1. The average molecular weight is 1010 g/mol. The van der Waals surface area contributed by atoms with E-state index in [-0.39, 0.29) is 31.5 Å². The third-order valence-electron chi connectivity index (χ3n) is 13.6. The summed E-state index contributed by atoms with van der Waals surface area (Å²) in [6.45, 7) is 7.03. The zero-order valence-corrected chi connectivity index (χ0v) is 48.2. The number of quaternary nitrogens is 1. The number of phosphoric acid groups is 1. The van der Waals surface area contributed by atoms with Gasteiger partial charge in [0.1, 0.15) is 19.3 Å². The molecule has 0 aliphatic heterocycles. The molecule has 0 spiro atoms. The molecule has 0 aliphatic carbocycles. The van der Waals surface area contributed by atoms with Crippen LogP contribution in [0, 0.1) is 0 Å². The lowest BCUT2D eigenvalue weighted by atomic mass is 10.0. The van der Waals surface area contributed by atoms with Crippen molar-refractivity contribution in [1.82, 2.24) is 5.32 Å². The Morgan fingerprint density at radius 2 is 0.829 bits per heavy atom. The summed E-state index contributed by atoms with van der Waals surface area (Å²) in [6.07, 6.45) is 58.8. The molecule has 0 radical (unpaired) electrons.